The second kappa shape index (κ2) is 7.97. The highest BCUT2D eigenvalue weighted by molar-refractivity contribution is 9.10. The average molecular weight is 428 g/mol. The molecule has 0 saturated heterocycles. The van der Waals surface area contributed by atoms with Gasteiger partial charge in [0.15, 0.2) is 0 Å². The fourth-order valence-corrected chi connectivity index (χ4v) is 3.56. The lowest BCUT2D eigenvalue weighted by molar-refractivity contribution is -0.142. The number of benzene rings is 2. The number of hydrogen-bond acceptors (Lipinski definition) is 5. The van der Waals surface area contributed by atoms with E-state index in [1.54, 1.807) is 18.2 Å². The Morgan fingerprint density at radius 1 is 1.16 bits per heavy atom. The van der Waals surface area contributed by atoms with Crippen molar-refractivity contribution in [3.8, 4) is 0 Å². The molecular weight excluding hydrogens is 410 g/mol. The van der Waals surface area contributed by atoms with Crippen molar-refractivity contribution < 1.29 is 22.7 Å². The Morgan fingerprint density at radius 2 is 1.80 bits per heavy atom. The van der Waals surface area contributed by atoms with Gasteiger partial charge in [-0.05, 0) is 29.3 Å². The second-order valence-electron chi connectivity index (χ2n) is 5.61. The van der Waals surface area contributed by atoms with E-state index in [1.807, 2.05) is 18.2 Å². The van der Waals surface area contributed by atoms with Crippen LogP contribution in [0.2, 0.25) is 0 Å². The first kappa shape index (κ1) is 19.4. The lowest BCUT2D eigenvalue weighted by Gasteiger charge is -2.17. The van der Waals surface area contributed by atoms with Crippen LogP contribution in [0.3, 0.4) is 0 Å². The first-order valence-corrected chi connectivity index (χ1v) is 10.3. The Kier molecular flexibility index (Phi) is 6.18. The molecule has 2 aromatic carbocycles. The van der Waals surface area contributed by atoms with Gasteiger partial charge in [-0.25, -0.2) is 13.2 Å². The molecule has 0 fully saturated rings. The Balaban J connectivity index is 2.29. The Labute approximate surface area is 154 Å². The number of carbonyl (C=O) groups is 2. The number of carbonyl (C=O) groups excluding carboxylic acids is 2. The Bertz CT molecular complexity index is 910. The molecule has 2 rings (SSSR count). The zero-order valence-electron chi connectivity index (χ0n) is 13.8. The van der Waals surface area contributed by atoms with Crippen molar-refractivity contribution in [1.29, 1.82) is 0 Å². The quantitative estimate of drug-likeness (QED) is 0.714. The Morgan fingerprint density at radius 3 is 2.40 bits per heavy atom. The molecule has 6 nitrogen and oxygen atoms in total. The molecule has 0 unspecified atom stereocenters. The molecule has 25 heavy (non-hydrogen) atoms. The van der Waals surface area contributed by atoms with Crippen LogP contribution in [0.1, 0.15) is 16.8 Å². The fourth-order valence-electron chi connectivity index (χ4n) is 2.42. The monoisotopic (exact) mass is 427 g/mol. The van der Waals surface area contributed by atoms with Gasteiger partial charge >= 0.3 is 5.97 Å². The summed E-state index contributed by atoms with van der Waals surface area (Å²) in [6.07, 6.45) is 1.02. The van der Waals surface area contributed by atoms with Gasteiger partial charge in [-0.15, -0.1) is 0 Å². The van der Waals surface area contributed by atoms with Crippen molar-refractivity contribution >= 4 is 48.4 Å². The zero-order chi connectivity index (χ0) is 18.6. The molecule has 0 saturated carbocycles. The average Bonchev–Trinajstić information content (AvgIpc) is 2.57. The first-order chi connectivity index (χ1) is 11.7. The van der Waals surface area contributed by atoms with Gasteiger partial charge in [0, 0.05) is 16.3 Å². The van der Waals surface area contributed by atoms with E-state index >= 15 is 0 Å². The molecule has 8 heteroatoms. The molecule has 0 aliphatic carbocycles. The van der Waals surface area contributed by atoms with Crippen molar-refractivity contribution in [3.05, 3.63) is 46.4 Å². The summed E-state index contributed by atoms with van der Waals surface area (Å²) in [5, 5.41) is 4.16. The second-order valence-corrected chi connectivity index (χ2v) is 8.72. The molecule has 0 bridgehead atoms. The highest BCUT2D eigenvalue weighted by Crippen LogP contribution is 2.26. The fraction of sp³-hybridized carbons (Fsp3) is 0.294. The minimum atomic E-state index is -3.27. The zero-order valence-corrected chi connectivity index (χ0v) is 16.2. The maximum Gasteiger partial charge on any atom is 0.328 e. The largest absolute Gasteiger partial charge is 0.467 e. The number of esters is 1. The summed E-state index contributed by atoms with van der Waals surface area (Å²) in [5.41, 5.74) is 0.395. The standard InChI is InChI=1S/C17H18BrNO5S/c1-24-17(21)15(9-10-25(2,22)23)19-16(20)13-7-8-14(18)12-6-4-3-5-11(12)13/h3-8,15H,9-10H2,1-2H3,(H,19,20)/t15-/m0/s1. The van der Waals surface area contributed by atoms with Crippen molar-refractivity contribution in [2.45, 2.75) is 12.5 Å². The van der Waals surface area contributed by atoms with Crippen LogP contribution in [0.15, 0.2) is 40.9 Å². The third-order valence-corrected chi connectivity index (χ3v) is 5.35. The number of fused-ring (bicyclic) bond motifs is 1. The molecule has 0 spiro atoms. The van der Waals surface area contributed by atoms with Gasteiger partial charge in [0.2, 0.25) is 0 Å². The van der Waals surface area contributed by atoms with Gasteiger partial charge in [-0.2, -0.15) is 0 Å². The van der Waals surface area contributed by atoms with Gasteiger partial charge < -0.3 is 10.1 Å². The van der Waals surface area contributed by atoms with Crippen LogP contribution < -0.4 is 5.32 Å². The SMILES string of the molecule is COC(=O)[C@H](CCS(C)(=O)=O)NC(=O)c1ccc(Br)c2ccccc12. The molecule has 0 aliphatic rings. The van der Waals surface area contributed by atoms with E-state index < -0.39 is 27.8 Å². The minimum absolute atomic E-state index is 0.0499. The molecule has 1 amide bonds. The summed E-state index contributed by atoms with van der Waals surface area (Å²) in [6, 6.07) is 9.71. The van der Waals surface area contributed by atoms with Crippen LogP contribution >= 0.6 is 15.9 Å². The number of amides is 1. The summed E-state index contributed by atoms with van der Waals surface area (Å²) in [7, 11) is -2.08. The van der Waals surface area contributed by atoms with Crippen LogP contribution in [0.4, 0.5) is 0 Å². The molecule has 0 aliphatic heterocycles. The van der Waals surface area contributed by atoms with Crippen LogP contribution in [0.5, 0.6) is 0 Å². The van der Waals surface area contributed by atoms with Gasteiger partial charge in [0.1, 0.15) is 15.9 Å². The van der Waals surface area contributed by atoms with Crippen LogP contribution in [-0.2, 0) is 19.4 Å². The lowest BCUT2D eigenvalue weighted by Crippen LogP contribution is -2.42. The van der Waals surface area contributed by atoms with E-state index in [4.69, 9.17) is 0 Å². The maximum atomic E-state index is 12.6. The van der Waals surface area contributed by atoms with Gasteiger partial charge in [-0.3, -0.25) is 4.79 Å². The number of hydrogen-bond donors (Lipinski definition) is 1. The summed E-state index contributed by atoms with van der Waals surface area (Å²) < 4.78 is 28.2. The van der Waals surface area contributed by atoms with Crippen molar-refractivity contribution in [3.63, 3.8) is 0 Å². The molecule has 0 radical (unpaired) electrons. The highest BCUT2D eigenvalue weighted by atomic mass is 79.9. The van der Waals surface area contributed by atoms with Crippen LogP contribution in [-0.4, -0.2) is 45.5 Å². The molecule has 0 heterocycles. The molecule has 2 aromatic rings. The number of ether oxygens (including phenoxy) is 1. The van der Waals surface area contributed by atoms with Crippen LogP contribution in [0.25, 0.3) is 10.8 Å². The third-order valence-electron chi connectivity index (χ3n) is 3.68. The molecule has 0 aromatic heterocycles. The lowest BCUT2D eigenvalue weighted by atomic mass is 10.0. The minimum Gasteiger partial charge on any atom is -0.467 e. The maximum absolute atomic E-state index is 12.6. The third kappa shape index (κ3) is 5.02. The highest BCUT2D eigenvalue weighted by Gasteiger charge is 2.24. The summed E-state index contributed by atoms with van der Waals surface area (Å²) in [6.45, 7) is 0. The topological polar surface area (TPSA) is 89.5 Å². The molecule has 1 atom stereocenters. The van der Waals surface area contributed by atoms with Gasteiger partial charge in [-0.1, -0.05) is 40.2 Å². The summed E-state index contributed by atoms with van der Waals surface area (Å²) in [5.74, 6) is -1.38. The number of nitrogens with one attached hydrogen (secondary N) is 1. The molecule has 134 valence electrons. The number of sulfone groups is 1. The molecule has 1 N–H and O–H groups in total. The smallest absolute Gasteiger partial charge is 0.328 e. The van der Waals surface area contributed by atoms with Crippen LogP contribution in [0, 0.1) is 0 Å². The van der Waals surface area contributed by atoms with Crippen molar-refractivity contribution in [1.82, 2.24) is 5.32 Å². The van der Waals surface area contributed by atoms with E-state index in [2.05, 4.69) is 26.0 Å². The predicted octanol–water partition coefficient (Wildman–Crippen LogP) is 2.31. The first-order valence-electron chi connectivity index (χ1n) is 7.46. The summed E-state index contributed by atoms with van der Waals surface area (Å²) in [4.78, 5) is 24.5. The van der Waals surface area contributed by atoms with E-state index in [-0.39, 0.29) is 12.2 Å². The Hall–Kier alpha value is -1.93. The van der Waals surface area contributed by atoms with E-state index in [0.717, 1.165) is 21.5 Å². The normalized spacial score (nSPS) is 12.6. The predicted molar refractivity (Wildman–Crippen MR) is 99.2 cm³/mol. The van der Waals surface area contributed by atoms with Crippen molar-refractivity contribution in [2.24, 2.45) is 0 Å². The summed E-state index contributed by atoms with van der Waals surface area (Å²) >= 11 is 3.44. The van der Waals surface area contributed by atoms with E-state index in [0.29, 0.717) is 5.56 Å². The van der Waals surface area contributed by atoms with E-state index in [9.17, 15) is 18.0 Å². The van der Waals surface area contributed by atoms with Gasteiger partial charge in [0.05, 0.1) is 12.9 Å². The number of halogens is 1. The number of rotatable bonds is 6. The van der Waals surface area contributed by atoms with E-state index in [1.165, 1.54) is 7.11 Å². The van der Waals surface area contributed by atoms with Crippen molar-refractivity contribution in [2.75, 3.05) is 19.1 Å². The number of methoxy groups -OCH3 is 1. The van der Waals surface area contributed by atoms with Gasteiger partial charge in [0.25, 0.3) is 5.91 Å². The molecular formula is C17H18BrNO5S.